The van der Waals surface area contributed by atoms with Crippen LogP contribution in [0.5, 0.6) is 0 Å². The fourth-order valence-corrected chi connectivity index (χ4v) is 1.98. The third-order valence-electron chi connectivity index (χ3n) is 2.91. The summed E-state index contributed by atoms with van der Waals surface area (Å²) < 4.78 is 18.0. The van der Waals surface area contributed by atoms with Gasteiger partial charge in [-0.05, 0) is 54.4 Å². The first-order chi connectivity index (χ1) is 10.2. The lowest BCUT2D eigenvalue weighted by Gasteiger charge is -1.98. The van der Waals surface area contributed by atoms with Crippen LogP contribution >= 0.6 is 0 Å². The van der Waals surface area contributed by atoms with Gasteiger partial charge in [-0.3, -0.25) is 4.99 Å². The lowest BCUT2D eigenvalue weighted by Crippen LogP contribution is -1.85. The maximum Gasteiger partial charge on any atom is 0.214 e. The molecule has 0 radical (unpaired) electrons. The molecule has 0 fully saturated rings. The minimum Gasteiger partial charge on any atom is -0.342 e. The van der Waals surface area contributed by atoms with Gasteiger partial charge in [0.2, 0.25) is 12.2 Å². The summed E-state index contributed by atoms with van der Waals surface area (Å²) in [6.45, 7) is 1.85. The van der Waals surface area contributed by atoms with Crippen molar-refractivity contribution in [3.05, 3.63) is 65.8 Å². The summed E-state index contributed by atoms with van der Waals surface area (Å²) in [4.78, 5) is 8.30. The van der Waals surface area contributed by atoms with Gasteiger partial charge < -0.3 is 4.52 Å². The first kappa shape index (κ1) is 13.2. The predicted octanol–water partition coefficient (Wildman–Crippen LogP) is 3.93. The monoisotopic (exact) mass is 281 g/mol. The molecule has 4 nitrogen and oxygen atoms in total. The second-order valence-electron chi connectivity index (χ2n) is 4.62. The molecular formula is C16H12FN3O. The molecule has 0 bridgehead atoms. The van der Waals surface area contributed by atoms with E-state index in [2.05, 4.69) is 15.1 Å². The molecule has 0 aliphatic rings. The highest BCUT2D eigenvalue weighted by atomic mass is 19.1. The predicted molar refractivity (Wildman–Crippen MR) is 78.1 cm³/mol. The zero-order chi connectivity index (χ0) is 14.7. The van der Waals surface area contributed by atoms with E-state index in [0.29, 0.717) is 5.82 Å². The standard InChI is InChI=1S/C16H12FN3O/c1-11-6-12(8-14(17)7-11)9-18-15-4-2-13(3-5-15)16-19-10-21-20-16/h2-10H,1H3. The van der Waals surface area contributed by atoms with Crippen LogP contribution in [0.1, 0.15) is 11.1 Å². The van der Waals surface area contributed by atoms with Crippen LogP contribution < -0.4 is 0 Å². The van der Waals surface area contributed by atoms with Gasteiger partial charge in [0.1, 0.15) is 5.82 Å². The third-order valence-corrected chi connectivity index (χ3v) is 2.91. The Hall–Kier alpha value is -2.82. The molecule has 0 saturated heterocycles. The number of benzene rings is 2. The van der Waals surface area contributed by atoms with Crippen LogP contribution in [0.3, 0.4) is 0 Å². The summed E-state index contributed by atoms with van der Waals surface area (Å²) in [7, 11) is 0. The Balaban J connectivity index is 1.80. The Morgan fingerprint density at radius 2 is 1.95 bits per heavy atom. The Kier molecular flexibility index (Phi) is 3.55. The number of nitrogens with zero attached hydrogens (tertiary/aromatic N) is 3. The van der Waals surface area contributed by atoms with Gasteiger partial charge in [-0.25, -0.2) is 4.39 Å². The van der Waals surface area contributed by atoms with E-state index in [4.69, 9.17) is 4.52 Å². The summed E-state index contributed by atoms with van der Waals surface area (Å²) >= 11 is 0. The number of halogens is 1. The van der Waals surface area contributed by atoms with Crippen molar-refractivity contribution in [2.75, 3.05) is 0 Å². The zero-order valence-corrected chi connectivity index (χ0v) is 11.3. The molecule has 3 rings (SSSR count). The van der Waals surface area contributed by atoms with Gasteiger partial charge in [-0.2, -0.15) is 4.98 Å². The molecule has 0 saturated carbocycles. The average Bonchev–Trinajstić information content (AvgIpc) is 2.99. The fraction of sp³-hybridized carbons (Fsp3) is 0.0625. The molecule has 5 heteroatoms. The summed E-state index contributed by atoms with van der Waals surface area (Å²) in [6.07, 6.45) is 2.92. The van der Waals surface area contributed by atoms with E-state index in [1.165, 1.54) is 18.5 Å². The highest BCUT2D eigenvalue weighted by Crippen LogP contribution is 2.19. The van der Waals surface area contributed by atoms with Crippen molar-refractivity contribution in [1.29, 1.82) is 0 Å². The average molecular weight is 281 g/mol. The molecule has 0 amide bonds. The molecule has 104 valence electrons. The minimum absolute atomic E-state index is 0.260. The van der Waals surface area contributed by atoms with Crippen molar-refractivity contribution in [2.24, 2.45) is 4.99 Å². The van der Waals surface area contributed by atoms with Crippen LogP contribution in [0.4, 0.5) is 10.1 Å². The first-order valence-corrected chi connectivity index (χ1v) is 6.39. The normalized spacial score (nSPS) is 11.1. The van der Waals surface area contributed by atoms with Crippen LogP contribution in [-0.4, -0.2) is 16.4 Å². The maximum absolute atomic E-state index is 13.3. The van der Waals surface area contributed by atoms with Crippen molar-refractivity contribution in [1.82, 2.24) is 10.1 Å². The minimum atomic E-state index is -0.260. The molecule has 3 aromatic rings. The third kappa shape index (κ3) is 3.20. The lowest BCUT2D eigenvalue weighted by molar-refractivity contribution is 0.419. The van der Waals surface area contributed by atoms with E-state index in [0.717, 1.165) is 22.4 Å². The van der Waals surface area contributed by atoms with Crippen molar-refractivity contribution in [3.8, 4) is 11.4 Å². The Morgan fingerprint density at radius 3 is 2.62 bits per heavy atom. The van der Waals surface area contributed by atoms with E-state index < -0.39 is 0 Å². The number of aryl methyl sites for hydroxylation is 1. The van der Waals surface area contributed by atoms with Crippen LogP contribution in [0.15, 0.2) is 58.4 Å². The number of aliphatic imine (C=N–C) groups is 1. The highest BCUT2D eigenvalue weighted by molar-refractivity contribution is 5.82. The molecule has 0 N–H and O–H groups in total. The van der Waals surface area contributed by atoms with Gasteiger partial charge in [0, 0.05) is 11.8 Å². The quantitative estimate of drug-likeness (QED) is 0.683. The Labute approximate surface area is 121 Å². The highest BCUT2D eigenvalue weighted by Gasteiger charge is 2.02. The number of hydrogen-bond acceptors (Lipinski definition) is 4. The first-order valence-electron chi connectivity index (χ1n) is 6.39. The van der Waals surface area contributed by atoms with E-state index in [1.807, 2.05) is 37.3 Å². The van der Waals surface area contributed by atoms with Crippen LogP contribution in [0.25, 0.3) is 11.4 Å². The summed E-state index contributed by atoms with van der Waals surface area (Å²) in [5, 5.41) is 3.76. The van der Waals surface area contributed by atoms with E-state index >= 15 is 0 Å². The molecule has 1 heterocycles. The summed E-state index contributed by atoms with van der Waals surface area (Å²) in [6, 6.07) is 12.2. The number of rotatable bonds is 3. The van der Waals surface area contributed by atoms with Crippen LogP contribution in [0, 0.1) is 12.7 Å². The van der Waals surface area contributed by atoms with Crippen LogP contribution in [0.2, 0.25) is 0 Å². The molecule has 0 atom stereocenters. The second kappa shape index (κ2) is 5.66. The number of hydrogen-bond donors (Lipinski definition) is 0. The SMILES string of the molecule is Cc1cc(F)cc(C=Nc2ccc(-c3ncon3)cc2)c1. The molecule has 0 unspecified atom stereocenters. The molecular weight excluding hydrogens is 269 g/mol. The van der Waals surface area contributed by atoms with E-state index in [-0.39, 0.29) is 5.82 Å². The molecule has 0 spiro atoms. The Morgan fingerprint density at radius 1 is 1.14 bits per heavy atom. The molecule has 2 aromatic carbocycles. The molecule has 0 aliphatic carbocycles. The van der Waals surface area contributed by atoms with Gasteiger partial charge in [-0.15, -0.1) is 0 Å². The van der Waals surface area contributed by atoms with Crippen molar-refractivity contribution in [2.45, 2.75) is 6.92 Å². The molecule has 0 aliphatic heterocycles. The fourth-order valence-electron chi connectivity index (χ4n) is 1.98. The van der Waals surface area contributed by atoms with Gasteiger partial charge in [-0.1, -0.05) is 11.2 Å². The van der Waals surface area contributed by atoms with Gasteiger partial charge in [0.05, 0.1) is 5.69 Å². The van der Waals surface area contributed by atoms with Gasteiger partial charge >= 0.3 is 0 Å². The molecule has 21 heavy (non-hydrogen) atoms. The zero-order valence-electron chi connectivity index (χ0n) is 11.3. The van der Waals surface area contributed by atoms with E-state index in [9.17, 15) is 4.39 Å². The summed E-state index contributed by atoms with van der Waals surface area (Å²) in [5.41, 5.74) is 3.21. The van der Waals surface area contributed by atoms with Gasteiger partial charge in [0.15, 0.2) is 0 Å². The van der Waals surface area contributed by atoms with Crippen molar-refractivity contribution < 1.29 is 8.91 Å². The van der Waals surface area contributed by atoms with Crippen molar-refractivity contribution in [3.63, 3.8) is 0 Å². The lowest BCUT2D eigenvalue weighted by atomic mass is 10.1. The summed E-state index contributed by atoms with van der Waals surface area (Å²) in [5.74, 6) is 0.273. The van der Waals surface area contributed by atoms with Crippen molar-refractivity contribution >= 4 is 11.9 Å². The van der Waals surface area contributed by atoms with E-state index in [1.54, 1.807) is 6.21 Å². The number of aromatic nitrogens is 2. The second-order valence-corrected chi connectivity index (χ2v) is 4.62. The van der Waals surface area contributed by atoms with Gasteiger partial charge in [0.25, 0.3) is 0 Å². The topological polar surface area (TPSA) is 51.3 Å². The van der Waals surface area contributed by atoms with Crippen LogP contribution in [-0.2, 0) is 0 Å². The maximum atomic E-state index is 13.3. The largest absolute Gasteiger partial charge is 0.342 e. The smallest absolute Gasteiger partial charge is 0.214 e. The molecule has 1 aromatic heterocycles. The Bertz CT molecular complexity index is 744.